The molecule has 1 saturated carbocycles. The Balaban J connectivity index is 2.32. The lowest BCUT2D eigenvalue weighted by Gasteiger charge is -2.44. The van der Waals surface area contributed by atoms with Crippen LogP contribution in [-0.4, -0.2) is 19.0 Å². The van der Waals surface area contributed by atoms with E-state index in [1.807, 2.05) is 0 Å². The minimum Gasteiger partial charge on any atom is -0.300 e. The minimum atomic E-state index is -0.131. The lowest BCUT2D eigenvalue weighted by molar-refractivity contribution is 0.0772. The van der Waals surface area contributed by atoms with E-state index < -0.39 is 0 Å². The molecule has 1 heterocycles. The van der Waals surface area contributed by atoms with E-state index in [1.165, 1.54) is 11.3 Å². The summed E-state index contributed by atoms with van der Waals surface area (Å²) >= 11 is 1.76. The van der Waals surface area contributed by atoms with Gasteiger partial charge in [-0.3, -0.25) is 0 Å². The summed E-state index contributed by atoms with van der Waals surface area (Å²) in [5.74, 6) is 0. The normalized spacial score (nSPS) is 20.7. The van der Waals surface area contributed by atoms with Crippen LogP contribution in [0.1, 0.15) is 30.2 Å². The maximum atomic E-state index is 9.38. The van der Waals surface area contributed by atoms with E-state index in [2.05, 4.69) is 42.6 Å². The van der Waals surface area contributed by atoms with Gasteiger partial charge in [0, 0.05) is 4.88 Å². The number of hydrogen-bond donors (Lipinski definition) is 0. The van der Waals surface area contributed by atoms with Gasteiger partial charge < -0.3 is 4.90 Å². The van der Waals surface area contributed by atoms with Gasteiger partial charge in [0.2, 0.25) is 0 Å². The molecule has 3 heteroatoms. The smallest absolute Gasteiger partial charge is 0.0778 e. The number of nitrogens with zero attached hydrogens (tertiary/aromatic N) is 2. The predicted molar refractivity (Wildman–Crippen MR) is 62.6 cm³/mol. The highest BCUT2D eigenvalue weighted by Gasteiger charge is 2.46. The van der Waals surface area contributed by atoms with Crippen LogP contribution in [0, 0.1) is 16.7 Å². The van der Waals surface area contributed by atoms with E-state index in [0.29, 0.717) is 0 Å². The lowest BCUT2D eigenvalue weighted by Crippen LogP contribution is -2.41. The molecule has 0 bridgehead atoms. The third-order valence-corrected chi connectivity index (χ3v) is 4.25. The van der Waals surface area contributed by atoms with E-state index in [4.69, 9.17) is 0 Å². The van der Waals surface area contributed by atoms with Crippen LogP contribution in [-0.2, 0) is 0 Å². The van der Waals surface area contributed by atoms with Gasteiger partial charge in [-0.15, -0.1) is 11.3 Å². The molecule has 0 saturated heterocycles. The first-order valence-corrected chi connectivity index (χ1v) is 6.19. The van der Waals surface area contributed by atoms with Crippen LogP contribution in [0.4, 0.5) is 0 Å². The molecule has 1 atom stereocenters. The van der Waals surface area contributed by atoms with Crippen molar-refractivity contribution in [2.45, 2.75) is 25.3 Å². The molecule has 0 spiro atoms. The van der Waals surface area contributed by atoms with Crippen molar-refractivity contribution in [1.29, 1.82) is 5.26 Å². The molecule has 1 aliphatic rings. The maximum Gasteiger partial charge on any atom is 0.0778 e. The van der Waals surface area contributed by atoms with Gasteiger partial charge in [0.05, 0.1) is 17.5 Å². The highest BCUT2D eigenvalue weighted by Crippen LogP contribution is 2.52. The van der Waals surface area contributed by atoms with Gasteiger partial charge in [0.1, 0.15) is 0 Å². The van der Waals surface area contributed by atoms with E-state index in [1.54, 1.807) is 11.3 Å². The summed E-state index contributed by atoms with van der Waals surface area (Å²) in [6, 6.07) is 7.04. The number of rotatable bonds is 3. The fourth-order valence-corrected chi connectivity index (χ4v) is 3.51. The Morgan fingerprint density at radius 2 is 2.27 bits per heavy atom. The van der Waals surface area contributed by atoms with Crippen molar-refractivity contribution in [2.75, 3.05) is 14.1 Å². The molecule has 2 rings (SSSR count). The fraction of sp³-hybridized carbons (Fsp3) is 0.583. The largest absolute Gasteiger partial charge is 0.300 e. The molecule has 0 aliphatic heterocycles. The van der Waals surface area contributed by atoms with E-state index in [9.17, 15) is 5.26 Å². The average molecular weight is 220 g/mol. The number of thiophene rings is 1. The Kier molecular flexibility index (Phi) is 2.81. The monoisotopic (exact) mass is 220 g/mol. The van der Waals surface area contributed by atoms with Crippen molar-refractivity contribution < 1.29 is 0 Å². The van der Waals surface area contributed by atoms with E-state index in [-0.39, 0.29) is 11.5 Å². The molecule has 0 N–H and O–H groups in total. The van der Waals surface area contributed by atoms with E-state index in [0.717, 1.165) is 12.8 Å². The summed E-state index contributed by atoms with van der Waals surface area (Å²) in [4.78, 5) is 3.51. The minimum absolute atomic E-state index is 0.131. The van der Waals surface area contributed by atoms with E-state index >= 15 is 0 Å². The second-order valence-electron chi connectivity index (χ2n) is 4.50. The predicted octanol–water partition coefficient (Wildman–Crippen LogP) is 3.04. The molecular formula is C12H16N2S. The summed E-state index contributed by atoms with van der Waals surface area (Å²) < 4.78 is 0. The molecule has 1 fully saturated rings. The summed E-state index contributed by atoms with van der Waals surface area (Å²) in [7, 11) is 4.14. The summed E-state index contributed by atoms with van der Waals surface area (Å²) in [6.45, 7) is 0. The van der Waals surface area contributed by atoms with Crippen molar-refractivity contribution in [2.24, 2.45) is 5.41 Å². The molecule has 1 aromatic rings. The molecule has 15 heavy (non-hydrogen) atoms. The van der Waals surface area contributed by atoms with Crippen LogP contribution in [0.15, 0.2) is 17.5 Å². The zero-order valence-electron chi connectivity index (χ0n) is 9.23. The first kappa shape index (κ1) is 10.7. The van der Waals surface area contributed by atoms with Crippen LogP contribution in [0.25, 0.3) is 0 Å². The second-order valence-corrected chi connectivity index (χ2v) is 5.48. The van der Waals surface area contributed by atoms with Gasteiger partial charge in [0.15, 0.2) is 0 Å². The number of nitriles is 1. The molecule has 0 radical (unpaired) electrons. The maximum absolute atomic E-state index is 9.38. The first-order chi connectivity index (χ1) is 7.19. The van der Waals surface area contributed by atoms with Gasteiger partial charge in [-0.25, -0.2) is 0 Å². The highest BCUT2D eigenvalue weighted by atomic mass is 32.1. The third kappa shape index (κ3) is 1.68. The molecule has 0 amide bonds. The molecular weight excluding hydrogens is 204 g/mol. The van der Waals surface area contributed by atoms with Gasteiger partial charge >= 0.3 is 0 Å². The van der Waals surface area contributed by atoms with Gasteiger partial charge in [-0.05, 0) is 38.4 Å². The summed E-state index contributed by atoms with van der Waals surface area (Å²) in [5, 5.41) is 11.5. The molecule has 2 nitrogen and oxygen atoms in total. The van der Waals surface area contributed by atoms with Crippen LogP contribution < -0.4 is 0 Å². The Labute approximate surface area is 95.1 Å². The Bertz CT molecular complexity index is 357. The summed E-state index contributed by atoms with van der Waals surface area (Å²) in [5.41, 5.74) is -0.131. The van der Waals surface area contributed by atoms with Crippen molar-refractivity contribution in [3.63, 3.8) is 0 Å². The second kappa shape index (κ2) is 3.96. The highest BCUT2D eigenvalue weighted by molar-refractivity contribution is 7.10. The van der Waals surface area contributed by atoms with Crippen LogP contribution in [0.5, 0.6) is 0 Å². The molecule has 1 aliphatic carbocycles. The van der Waals surface area contributed by atoms with Crippen LogP contribution in [0.3, 0.4) is 0 Å². The Hall–Kier alpha value is -0.850. The van der Waals surface area contributed by atoms with Gasteiger partial charge in [-0.1, -0.05) is 12.5 Å². The molecule has 0 aromatic carbocycles. The van der Waals surface area contributed by atoms with Crippen molar-refractivity contribution in [3.05, 3.63) is 22.4 Å². The zero-order chi connectivity index (χ0) is 10.9. The van der Waals surface area contributed by atoms with Crippen molar-refractivity contribution in [3.8, 4) is 6.07 Å². The Morgan fingerprint density at radius 1 is 1.53 bits per heavy atom. The van der Waals surface area contributed by atoms with Gasteiger partial charge in [0.25, 0.3) is 0 Å². The molecule has 1 unspecified atom stereocenters. The number of hydrogen-bond acceptors (Lipinski definition) is 3. The lowest BCUT2D eigenvalue weighted by atomic mass is 9.64. The van der Waals surface area contributed by atoms with Crippen molar-refractivity contribution >= 4 is 11.3 Å². The summed E-state index contributed by atoms with van der Waals surface area (Å²) in [6.07, 6.45) is 3.29. The third-order valence-electron chi connectivity index (χ3n) is 3.32. The Morgan fingerprint density at radius 3 is 2.60 bits per heavy atom. The molecule has 1 aromatic heterocycles. The van der Waals surface area contributed by atoms with Gasteiger partial charge in [-0.2, -0.15) is 5.26 Å². The first-order valence-electron chi connectivity index (χ1n) is 5.31. The standard InChI is InChI=1S/C12H16N2S/c1-14(2)11(10-5-3-8-15-10)12(9-13)6-4-7-12/h3,5,8,11H,4,6-7H2,1-2H3. The quantitative estimate of drug-likeness (QED) is 0.783. The topological polar surface area (TPSA) is 27.0 Å². The van der Waals surface area contributed by atoms with Crippen LogP contribution in [0.2, 0.25) is 0 Å². The zero-order valence-corrected chi connectivity index (χ0v) is 10.0. The SMILES string of the molecule is CN(C)C(c1cccs1)C1(C#N)CCC1. The average Bonchev–Trinajstić information content (AvgIpc) is 2.62. The fourth-order valence-electron chi connectivity index (χ4n) is 2.47. The van der Waals surface area contributed by atoms with Crippen LogP contribution >= 0.6 is 11.3 Å². The van der Waals surface area contributed by atoms with Crippen molar-refractivity contribution in [1.82, 2.24) is 4.90 Å². The molecule has 80 valence electrons.